The lowest BCUT2D eigenvalue weighted by atomic mass is 10.1. The predicted octanol–water partition coefficient (Wildman–Crippen LogP) is 4.72. The van der Waals surface area contributed by atoms with Crippen LogP contribution in [0.25, 0.3) is 0 Å². The zero-order valence-corrected chi connectivity index (χ0v) is 17.1. The first-order valence-corrected chi connectivity index (χ1v) is 9.90. The Morgan fingerprint density at radius 1 is 1.03 bits per heavy atom. The molecule has 1 N–H and O–H groups in total. The van der Waals surface area contributed by atoms with Gasteiger partial charge >= 0.3 is 0 Å². The molecule has 0 saturated heterocycles. The Kier molecular flexibility index (Phi) is 5.59. The summed E-state index contributed by atoms with van der Waals surface area (Å²) in [6.07, 6.45) is 3.26. The summed E-state index contributed by atoms with van der Waals surface area (Å²) < 4.78 is 11.3. The number of carbonyl (C=O) groups excluding carboxylic acids is 1. The van der Waals surface area contributed by atoms with Crippen molar-refractivity contribution in [3.63, 3.8) is 0 Å². The van der Waals surface area contributed by atoms with E-state index in [1.807, 2.05) is 12.1 Å². The standard InChI is InChI=1S/C22H19N3O7/c1-13-19(24(27)28)10-16(11-20(13)25(29)30)23-22(26)21-8-7-18(32-21)12-31-17-6-5-14-3-2-4-15(14)9-17/h5-11H,2-4,12H2,1H3,(H,23,26). The van der Waals surface area contributed by atoms with Crippen molar-refractivity contribution in [3.05, 3.63) is 90.9 Å². The summed E-state index contributed by atoms with van der Waals surface area (Å²) in [6, 6.07) is 11.1. The van der Waals surface area contributed by atoms with E-state index >= 15 is 0 Å². The second kappa shape index (κ2) is 8.50. The molecule has 0 aliphatic heterocycles. The maximum Gasteiger partial charge on any atom is 0.291 e. The van der Waals surface area contributed by atoms with Crippen molar-refractivity contribution in [1.29, 1.82) is 0 Å². The zero-order valence-electron chi connectivity index (χ0n) is 17.1. The molecule has 0 radical (unpaired) electrons. The first-order valence-electron chi connectivity index (χ1n) is 9.90. The number of benzene rings is 2. The number of fused-ring (bicyclic) bond motifs is 1. The number of aryl methyl sites for hydroxylation is 2. The molecule has 164 valence electrons. The van der Waals surface area contributed by atoms with E-state index < -0.39 is 27.1 Å². The van der Waals surface area contributed by atoms with E-state index in [2.05, 4.69) is 11.4 Å². The zero-order chi connectivity index (χ0) is 22.8. The molecule has 10 nitrogen and oxygen atoms in total. The van der Waals surface area contributed by atoms with Crippen molar-refractivity contribution < 1.29 is 23.8 Å². The molecule has 1 aliphatic rings. The second-order valence-corrected chi connectivity index (χ2v) is 7.45. The van der Waals surface area contributed by atoms with Gasteiger partial charge in [0.25, 0.3) is 17.3 Å². The number of amides is 1. The molecule has 0 bridgehead atoms. The molecule has 1 aromatic heterocycles. The Labute approximate surface area is 182 Å². The third kappa shape index (κ3) is 4.29. The topological polar surface area (TPSA) is 138 Å². The van der Waals surface area contributed by atoms with Crippen LogP contribution in [-0.4, -0.2) is 15.8 Å². The van der Waals surface area contributed by atoms with E-state index in [-0.39, 0.29) is 23.6 Å². The number of nitrogens with one attached hydrogen (secondary N) is 1. The summed E-state index contributed by atoms with van der Waals surface area (Å²) in [4.78, 5) is 33.4. The average molecular weight is 437 g/mol. The Balaban J connectivity index is 1.45. The molecule has 3 aromatic rings. The Hall–Kier alpha value is -4.21. The predicted molar refractivity (Wildman–Crippen MR) is 114 cm³/mol. The number of carbonyl (C=O) groups is 1. The van der Waals surface area contributed by atoms with Crippen LogP contribution in [0.3, 0.4) is 0 Å². The van der Waals surface area contributed by atoms with E-state index in [9.17, 15) is 25.0 Å². The van der Waals surface area contributed by atoms with E-state index in [0.29, 0.717) is 11.5 Å². The van der Waals surface area contributed by atoms with Gasteiger partial charge in [-0.3, -0.25) is 25.0 Å². The highest BCUT2D eigenvalue weighted by Crippen LogP contribution is 2.32. The average Bonchev–Trinajstić information content (AvgIpc) is 3.42. The summed E-state index contributed by atoms with van der Waals surface area (Å²) in [5, 5.41) is 24.8. The first kappa shape index (κ1) is 21.0. The summed E-state index contributed by atoms with van der Waals surface area (Å²) in [5.41, 5.74) is 1.53. The third-order valence-electron chi connectivity index (χ3n) is 5.34. The van der Waals surface area contributed by atoms with Crippen LogP contribution in [0.5, 0.6) is 5.75 Å². The van der Waals surface area contributed by atoms with Gasteiger partial charge in [0.1, 0.15) is 23.7 Å². The summed E-state index contributed by atoms with van der Waals surface area (Å²) >= 11 is 0. The molecule has 0 saturated carbocycles. The molecule has 10 heteroatoms. The van der Waals surface area contributed by atoms with Gasteiger partial charge in [-0.2, -0.15) is 0 Å². The minimum absolute atomic E-state index is 0.0524. The minimum atomic E-state index is -0.737. The SMILES string of the molecule is Cc1c([N+](=O)[O-])cc(NC(=O)c2ccc(COc3ccc4c(c3)CCC4)o2)cc1[N+](=O)[O-]. The number of nitrogens with zero attached hydrogens (tertiary/aromatic N) is 2. The Bertz CT molecular complexity index is 1200. The maximum absolute atomic E-state index is 12.5. The highest BCUT2D eigenvalue weighted by Gasteiger charge is 2.24. The summed E-state index contributed by atoms with van der Waals surface area (Å²) in [6.45, 7) is 1.40. The Morgan fingerprint density at radius 2 is 1.72 bits per heavy atom. The molecule has 1 heterocycles. The molecule has 4 rings (SSSR count). The van der Waals surface area contributed by atoms with Gasteiger partial charge in [0.15, 0.2) is 5.76 Å². The van der Waals surface area contributed by atoms with Crippen molar-refractivity contribution in [3.8, 4) is 5.75 Å². The van der Waals surface area contributed by atoms with Gasteiger partial charge in [0.05, 0.1) is 15.5 Å². The van der Waals surface area contributed by atoms with Gasteiger partial charge < -0.3 is 14.5 Å². The lowest BCUT2D eigenvalue weighted by molar-refractivity contribution is -0.395. The van der Waals surface area contributed by atoms with Gasteiger partial charge in [-0.05, 0) is 61.6 Å². The molecule has 0 unspecified atom stereocenters. The maximum atomic E-state index is 12.5. The number of nitro groups is 2. The quantitative estimate of drug-likeness (QED) is 0.417. The smallest absolute Gasteiger partial charge is 0.291 e. The summed E-state index contributed by atoms with van der Waals surface area (Å²) in [7, 11) is 0. The van der Waals surface area contributed by atoms with Gasteiger partial charge in [0.2, 0.25) is 0 Å². The first-order chi connectivity index (χ1) is 15.3. The highest BCUT2D eigenvalue weighted by molar-refractivity contribution is 6.02. The fourth-order valence-corrected chi connectivity index (χ4v) is 3.70. The molecule has 32 heavy (non-hydrogen) atoms. The molecule has 2 aromatic carbocycles. The van der Waals surface area contributed by atoms with Crippen LogP contribution in [-0.2, 0) is 19.4 Å². The fraction of sp³-hybridized carbons (Fsp3) is 0.227. The largest absolute Gasteiger partial charge is 0.486 e. The normalized spacial score (nSPS) is 12.3. The van der Waals surface area contributed by atoms with Gasteiger partial charge in [-0.1, -0.05) is 6.07 Å². The van der Waals surface area contributed by atoms with Crippen LogP contribution in [0, 0.1) is 27.2 Å². The van der Waals surface area contributed by atoms with E-state index in [1.54, 1.807) is 6.07 Å². The minimum Gasteiger partial charge on any atom is -0.486 e. The monoisotopic (exact) mass is 437 g/mol. The van der Waals surface area contributed by atoms with Gasteiger partial charge in [-0.15, -0.1) is 0 Å². The highest BCUT2D eigenvalue weighted by atomic mass is 16.6. The van der Waals surface area contributed by atoms with Gasteiger partial charge in [-0.25, -0.2) is 0 Å². The molecule has 0 atom stereocenters. The van der Waals surface area contributed by atoms with Crippen molar-refractivity contribution in [2.45, 2.75) is 32.8 Å². The second-order valence-electron chi connectivity index (χ2n) is 7.45. The lowest BCUT2D eigenvalue weighted by Crippen LogP contribution is -2.12. The molecule has 1 aliphatic carbocycles. The Morgan fingerprint density at radius 3 is 2.41 bits per heavy atom. The lowest BCUT2D eigenvalue weighted by Gasteiger charge is -2.07. The number of hydrogen-bond acceptors (Lipinski definition) is 7. The molecular formula is C22H19N3O7. The molecule has 0 fully saturated rings. The third-order valence-corrected chi connectivity index (χ3v) is 5.34. The van der Waals surface area contributed by atoms with Crippen molar-refractivity contribution in [2.75, 3.05) is 5.32 Å². The number of anilines is 1. The van der Waals surface area contributed by atoms with Crippen molar-refractivity contribution in [2.24, 2.45) is 0 Å². The summed E-state index contributed by atoms with van der Waals surface area (Å²) in [5.74, 6) is 0.383. The molecule has 0 spiro atoms. The van der Waals surface area contributed by atoms with Gasteiger partial charge in [0, 0.05) is 12.1 Å². The van der Waals surface area contributed by atoms with Crippen LogP contribution < -0.4 is 10.1 Å². The molecular weight excluding hydrogens is 418 g/mol. The van der Waals surface area contributed by atoms with Crippen LogP contribution in [0.15, 0.2) is 46.9 Å². The van der Waals surface area contributed by atoms with E-state index in [0.717, 1.165) is 31.4 Å². The van der Waals surface area contributed by atoms with E-state index in [1.165, 1.54) is 24.1 Å². The fourth-order valence-electron chi connectivity index (χ4n) is 3.70. The molecule has 1 amide bonds. The number of furan rings is 1. The number of nitro benzene ring substituents is 2. The number of rotatable bonds is 7. The number of ether oxygens (including phenoxy) is 1. The van der Waals surface area contributed by atoms with Crippen molar-refractivity contribution >= 4 is 23.0 Å². The van der Waals surface area contributed by atoms with Crippen molar-refractivity contribution in [1.82, 2.24) is 0 Å². The van der Waals surface area contributed by atoms with Crippen LogP contribution in [0.2, 0.25) is 0 Å². The van der Waals surface area contributed by atoms with Crippen LogP contribution in [0.1, 0.15) is 39.4 Å². The van der Waals surface area contributed by atoms with E-state index in [4.69, 9.17) is 9.15 Å². The van der Waals surface area contributed by atoms with Crippen LogP contribution in [0.4, 0.5) is 17.1 Å². The van der Waals surface area contributed by atoms with Crippen LogP contribution >= 0.6 is 0 Å². The number of hydrogen-bond donors (Lipinski definition) is 1.